The summed E-state index contributed by atoms with van der Waals surface area (Å²) in [6, 6.07) is 22.0. The standard InChI is InChI=1S/C20H14N2OS/c23-19(22-20-21-17-10-3-4-11-18(17)24-20)13-12-15-8-5-7-14-6-1-2-9-16(14)15/h1-13H,(H,21,22,23)/b13-12+. The Labute approximate surface area is 143 Å². The molecule has 1 amide bonds. The molecule has 0 radical (unpaired) electrons. The molecule has 0 aliphatic carbocycles. The average Bonchev–Trinajstić information content (AvgIpc) is 3.02. The van der Waals surface area contributed by atoms with Gasteiger partial charge in [-0.3, -0.25) is 10.1 Å². The maximum atomic E-state index is 12.2. The minimum absolute atomic E-state index is 0.179. The molecule has 24 heavy (non-hydrogen) atoms. The molecule has 0 unspecified atom stereocenters. The van der Waals surface area contributed by atoms with Crippen molar-refractivity contribution in [1.82, 2.24) is 4.98 Å². The number of benzene rings is 3. The van der Waals surface area contributed by atoms with Gasteiger partial charge in [-0.1, -0.05) is 65.9 Å². The van der Waals surface area contributed by atoms with E-state index in [1.165, 1.54) is 11.3 Å². The molecular formula is C20H14N2OS. The largest absolute Gasteiger partial charge is 0.298 e. The first-order valence-corrected chi connectivity index (χ1v) is 8.44. The van der Waals surface area contributed by atoms with E-state index in [0.717, 1.165) is 26.6 Å². The maximum Gasteiger partial charge on any atom is 0.250 e. The van der Waals surface area contributed by atoms with Gasteiger partial charge in [0.25, 0.3) is 0 Å². The lowest BCUT2D eigenvalue weighted by Crippen LogP contribution is -2.07. The second-order valence-corrected chi connectivity index (χ2v) is 6.41. The van der Waals surface area contributed by atoms with E-state index in [0.29, 0.717) is 5.13 Å². The van der Waals surface area contributed by atoms with E-state index in [4.69, 9.17) is 0 Å². The van der Waals surface area contributed by atoms with Crippen LogP contribution in [-0.4, -0.2) is 10.9 Å². The quantitative estimate of drug-likeness (QED) is 0.531. The second kappa shape index (κ2) is 6.26. The van der Waals surface area contributed by atoms with Crippen LogP contribution in [0.3, 0.4) is 0 Å². The van der Waals surface area contributed by atoms with Gasteiger partial charge in [0.2, 0.25) is 5.91 Å². The Hall–Kier alpha value is -2.98. The zero-order valence-electron chi connectivity index (χ0n) is 12.8. The highest BCUT2D eigenvalue weighted by atomic mass is 32.1. The Morgan fingerprint density at radius 3 is 2.67 bits per heavy atom. The van der Waals surface area contributed by atoms with E-state index in [9.17, 15) is 4.79 Å². The van der Waals surface area contributed by atoms with Crippen LogP contribution < -0.4 is 5.32 Å². The smallest absolute Gasteiger partial charge is 0.250 e. The minimum atomic E-state index is -0.179. The van der Waals surface area contributed by atoms with Crippen molar-refractivity contribution in [1.29, 1.82) is 0 Å². The number of carbonyl (C=O) groups excluding carboxylic acids is 1. The summed E-state index contributed by atoms with van der Waals surface area (Å²) in [5, 5.41) is 5.73. The molecule has 1 aromatic heterocycles. The van der Waals surface area contributed by atoms with Crippen molar-refractivity contribution in [3.63, 3.8) is 0 Å². The number of fused-ring (bicyclic) bond motifs is 2. The van der Waals surface area contributed by atoms with Crippen molar-refractivity contribution < 1.29 is 4.79 Å². The maximum absolute atomic E-state index is 12.2. The number of para-hydroxylation sites is 1. The van der Waals surface area contributed by atoms with E-state index < -0.39 is 0 Å². The van der Waals surface area contributed by atoms with E-state index in [1.807, 2.05) is 54.6 Å². The van der Waals surface area contributed by atoms with Crippen LogP contribution in [0.25, 0.3) is 27.1 Å². The Morgan fingerprint density at radius 2 is 1.75 bits per heavy atom. The Balaban J connectivity index is 1.55. The molecule has 0 aliphatic rings. The molecule has 1 heterocycles. The van der Waals surface area contributed by atoms with Crippen molar-refractivity contribution in [3.05, 3.63) is 78.4 Å². The molecule has 3 nitrogen and oxygen atoms in total. The second-order valence-electron chi connectivity index (χ2n) is 5.38. The van der Waals surface area contributed by atoms with Crippen molar-refractivity contribution in [2.45, 2.75) is 0 Å². The molecule has 0 atom stereocenters. The lowest BCUT2D eigenvalue weighted by molar-refractivity contribution is -0.111. The van der Waals surface area contributed by atoms with Crippen LogP contribution in [0.5, 0.6) is 0 Å². The molecular weight excluding hydrogens is 316 g/mol. The summed E-state index contributed by atoms with van der Waals surface area (Å²) in [7, 11) is 0. The predicted octanol–water partition coefficient (Wildman–Crippen LogP) is 5.10. The first-order valence-electron chi connectivity index (χ1n) is 7.62. The molecule has 0 bridgehead atoms. The highest BCUT2D eigenvalue weighted by Crippen LogP contribution is 2.25. The van der Waals surface area contributed by atoms with Crippen molar-refractivity contribution in [3.8, 4) is 0 Å². The van der Waals surface area contributed by atoms with Gasteiger partial charge < -0.3 is 0 Å². The summed E-state index contributed by atoms with van der Waals surface area (Å²) in [5.41, 5.74) is 1.92. The van der Waals surface area contributed by atoms with Crippen LogP contribution in [0.4, 0.5) is 5.13 Å². The number of hydrogen-bond acceptors (Lipinski definition) is 3. The molecule has 3 aromatic carbocycles. The van der Waals surface area contributed by atoms with Gasteiger partial charge in [-0.05, 0) is 34.5 Å². The Bertz CT molecular complexity index is 1030. The van der Waals surface area contributed by atoms with Gasteiger partial charge >= 0.3 is 0 Å². The summed E-state index contributed by atoms with van der Waals surface area (Å²) in [4.78, 5) is 16.6. The van der Waals surface area contributed by atoms with E-state index in [1.54, 1.807) is 6.08 Å². The number of amides is 1. The normalized spacial score (nSPS) is 11.3. The number of rotatable bonds is 3. The third-order valence-corrected chi connectivity index (χ3v) is 4.71. The molecule has 116 valence electrons. The number of hydrogen-bond donors (Lipinski definition) is 1. The molecule has 4 rings (SSSR count). The number of aromatic nitrogens is 1. The van der Waals surface area contributed by atoms with E-state index in [2.05, 4.69) is 28.5 Å². The SMILES string of the molecule is O=C(/C=C/c1cccc2ccccc12)Nc1nc2ccccc2s1. The number of thiazole rings is 1. The predicted molar refractivity (Wildman–Crippen MR) is 101 cm³/mol. The van der Waals surface area contributed by atoms with Crippen LogP contribution in [0.15, 0.2) is 72.8 Å². The highest BCUT2D eigenvalue weighted by Gasteiger charge is 2.05. The average molecular weight is 330 g/mol. The van der Waals surface area contributed by atoms with Crippen LogP contribution in [0, 0.1) is 0 Å². The zero-order chi connectivity index (χ0) is 16.4. The topological polar surface area (TPSA) is 42.0 Å². The van der Waals surface area contributed by atoms with Gasteiger partial charge in [0.15, 0.2) is 5.13 Å². The van der Waals surface area contributed by atoms with Gasteiger partial charge in [-0.2, -0.15) is 0 Å². The van der Waals surface area contributed by atoms with Gasteiger partial charge in [0, 0.05) is 6.08 Å². The van der Waals surface area contributed by atoms with E-state index in [-0.39, 0.29) is 5.91 Å². The fourth-order valence-corrected chi connectivity index (χ4v) is 3.50. The summed E-state index contributed by atoms with van der Waals surface area (Å²) in [6.45, 7) is 0. The molecule has 4 heteroatoms. The number of nitrogens with zero attached hydrogens (tertiary/aromatic N) is 1. The number of anilines is 1. The van der Waals surface area contributed by atoms with Gasteiger partial charge in [0.1, 0.15) is 0 Å². The molecule has 0 saturated carbocycles. The van der Waals surface area contributed by atoms with Crippen LogP contribution >= 0.6 is 11.3 Å². The Kier molecular flexibility index (Phi) is 3.81. The molecule has 1 N–H and O–H groups in total. The molecule has 4 aromatic rings. The summed E-state index contributed by atoms with van der Waals surface area (Å²) in [5.74, 6) is -0.179. The third kappa shape index (κ3) is 2.92. The molecule has 0 spiro atoms. The van der Waals surface area contributed by atoms with Gasteiger partial charge in [0.05, 0.1) is 10.2 Å². The first kappa shape index (κ1) is 14.6. The number of carbonyl (C=O) groups is 1. The zero-order valence-corrected chi connectivity index (χ0v) is 13.6. The first-order chi connectivity index (χ1) is 11.8. The highest BCUT2D eigenvalue weighted by molar-refractivity contribution is 7.22. The van der Waals surface area contributed by atoms with Crippen LogP contribution in [0.1, 0.15) is 5.56 Å². The summed E-state index contributed by atoms with van der Waals surface area (Å²) < 4.78 is 1.06. The summed E-state index contributed by atoms with van der Waals surface area (Å²) >= 11 is 1.47. The van der Waals surface area contributed by atoms with Gasteiger partial charge in [-0.25, -0.2) is 4.98 Å². The van der Waals surface area contributed by atoms with E-state index >= 15 is 0 Å². The fraction of sp³-hybridized carbons (Fsp3) is 0. The lowest BCUT2D eigenvalue weighted by Gasteiger charge is -2.01. The van der Waals surface area contributed by atoms with Crippen molar-refractivity contribution in [2.24, 2.45) is 0 Å². The van der Waals surface area contributed by atoms with Crippen LogP contribution in [0.2, 0.25) is 0 Å². The van der Waals surface area contributed by atoms with Crippen molar-refractivity contribution in [2.75, 3.05) is 5.32 Å². The minimum Gasteiger partial charge on any atom is -0.298 e. The van der Waals surface area contributed by atoms with Crippen molar-refractivity contribution >= 4 is 49.4 Å². The lowest BCUT2D eigenvalue weighted by atomic mass is 10.0. The fourth-order valence-electron chi connectivity index (χ4n) is 2.63. The molecule has 0 saturated heterocycles. The summed E-state index contributed by atoms with van der Waals surface area (Å²) in [6.07, 6.45) is 3.39. The third-order valence-electron chi connectivity index (χ3n) is 3.76. The van der Waals surface area contributed by atoms with Crippen LogP contribution in [-0.2, 0) is 4.79 Å². The Morgan fingerprint density at radius 1 is 0.958 bits per heavy atom. The van der Waals surface area contributed by atoms with Gasteiger partial charge in [-0.15, -0.1) is 0 Å². The molecule has 0 aliphatic heterocycles. The monoisotopic (exact) mass is 330 g/mol. The number of nitrogens with one attached hydrogen (secondary N) is 1. The molecule has 0 fully saturated rings.